The molecule has 0 amide bonds. The topological polar surface area (TPSA) is 47.6 Å². The van der Waals surface area contributed by atoms with Crippen LogP contribution in [0.1, 0.15) is 31.4 Å². The van der Waals surface area contributed by atoms with Gasteiger partial charge < -0.3 is 9.47 Å². The van der Waals surface area contributed by atoms with Gasteiger partial charge >= 0.3 is 5.97 Å². The molecular weight excluding hydrogens is 230 g/mol. The smallest absolute Gasteiger partial charge is 0.323 e. The Morgan fingerprint density at radius 1 is 1.44 bits per heavy atom. The van der Waals surface area contributed by atoms with Gasteiger partial charge in [-0.2, -0.15) is 0 Å². The van der Waals surface area contributed by atoms with E-state index in [4.69, 9.17) is 9.47 Å². The zero-order valence-electron chi connectivity index (χ0n) is 10.8. The monoisotopic (exact) mass is 249 g/mol. The maximum Gasteiger partial charge on any atom is 0.323 e. The summed E-state index contributed by atoms with van der Waals surface area (Å²) in [5.41, 5.74) is 1.15. The lowest BCUT2D eigenvalue weighted by Crippen LogP contribution is -2.33. The summed E-state index contributed by atoms with van der Waals surface area (Å²) >= 11 is 0. The Morgan fingerprint density at radius 2 is 2.28 bits per heavy atom. The molecule has 4 nitrogen and oxygen atoms in total. The molecule has 2 atom stereocenters. The number of rotatable bonds is 4. The van der Waals surface area contributed by atoms with Crippen molar-refractivity contribution in [3.8, 4) is 5.75 Å². The lowest BCUT2D eigenvalue weighted by molar-refractivity contribution is -0.145. The van der Waals surface area contributed by atoms with Crippen molar-refractivity contribution in [3.63, 3.8) is 0 Å². The number of methoxy groups -OCH3 is 1. The largest absolute Gasteiger partial charge is 0.497 e. The fourth-order valence-electron chi connectivity index (χ4n) is 2.29. The Balaban J connectivity index is 2.01. The van der Waals surface area contributed by atoms with E-state index in [0.717, 1.165) is 24.2 Å². The van der Waals surface area contributed by atoms with Crippen molar-refractivity contribution < 1.29 is 14.3 Å². The van der Waals surface area contributed by atoms with E-state index in [0.29, 0.717) is 6.61 Å². The average molecular weight is 249 g/mol. The highest BCUT2D eigenvalue weighted by Gasteiger charge is 2.30. The molecule has 0 spiro atoms. The summed E-state index contributed by atoms with van der Waals surface area (Å²) in [6, 6.07) is 7.96. The molecule has 1 aliphatic heterocycles. The first kappa shape index (κ1) is 12.9. The summed E-state index contributed by atoms with van der Waals surface area (Å²) in [5, 5.41) is 3.31. The predicted octanol–water partition coefficient (Wildman–Crippen LogP) is 2.05. The van der Waals surface area contributed by atoms with Crippen LogP contribution in [-0.4, -0.2) is 25.7 Å². The van der Waals surface area contributed by atoms with E-state index in [1.54, 1.807) is 7.11 Å². The van der Waals surface area contributed by atoms with Gasteiger partial charge in [0.2, 0.25) is 0 Å². The molecule has 0 saturated carbocycles. The number of ether oxygens (including phenoxy) is 2. The summed E-state index contributed by atoms with van der Waals surface area (Å²) in [7, 11) is 1.66. The molecular formula is C14H19NO3. The van der Waals surface area contributed by atoms with Gasteiger partial charge in [-0.25, -0.2) is 0 Å². The summed E-state index contributed by atoms with van der Waals surface area (Å²) < 4.78 is 10.2. The number of esters is 1. The second kappa shape index (κ2) is 5.87. The Labute approximate surface area is 107 Å². The predicted molar refractivity (Wildman–Crippen MR) is 68.5 cm³/mol. The van der Waals surface area contributed by atoms with Gasteiger partial charge in [0, 0.05) is 6.04 Å². The van der Waals surface area contributed by atoms with Crippen molar-refractivity contribution in [1.29, 1.82) is 0 Å². The lowest BCUT2D eigenvalue weighted by atomic mass is 10.1. The molecule has 1 aromatic carbocycles. The first-order chi connectivity index (χ1) is 8.74. The highest BCUT2D eigenvalue weighted by Crippen LogP contribution is 2.28. The Bertz CT molecular complexity index is 419. The van der Waals surface area contributed by atoms with Crippen LogP contribution in [0, 0.1) is 0 Å². The Morgan fingerprint density at radius 3 is 3.00 bits per heavy atom. The zero-order valence-corrected chi connectivity index (χ0v) is 10.8. The van der Waals surface area contributed by atoms with Crippen LogP contribution >= 0.6 is 0 Å². The minimum atomic E-state index is -0.179. The van der Waals surface area contributed by atoms with E-state index in [1.807, 2.05) is 31.2 Å². The third-order valence-electron chi connectivity index (χ3n) is 3.21. The summed E-state index contributed by atoms with van der Waals surface area (Å²) in [4.78, 5) is 11.6. The van der Waals surface area contributed by atoms with Gasteiger partial charge in [0.05, 0.1) is 13.7 Å². The molecule has 1 aliphatic rings. The second-order valence-corrected chi connectivity index (χ2v) is 4.38. The first-order valence-electron chi connectivity index (χ1n) is 6.31. The maximum atomic E-state index is 11.6. The number of carbonyl (C=O) groups excluding carboxylic acids is 1. The van der Waals surface area contributed by atoms with Crippen LogP contribution in [0.15, 0.2) is 24.3 Å². The molecule has 1 aromatic rings. The second-order valence-electron chi connectivity index (χ2n) is 4.38. The molecule has 0 aliphatic carbocycles. The van der Waals surface area contributed by atoms with Gasteiger partial charge in [-0.05, 0) is 37.5 Å². The van der Waals surface area contributed by atoms with Crippen LogP contribution in [0.2, 0.25) is 0 Å². The standard InChI is InChI=1S/C14H19NO3/c1-3-18-14(16)13-8-7-12(15-13)10-5-4-6-11(9-10)17-2/h4-6,9,12-13,15H,3,7-8H2,1-2H3/t12-,13-/m0/s1. The molecule has 0 radical (unpaired) electrons. The van der Waals surface area contributed by atoms with Crippen LogP contribution in [0.4, 0.5) is 0 Å². The van der Waals surface area contributed by atoms with Gasteiger partial charge in [-0.3, -0.25) is 10.1 Å². The van der Waals surface area contributed by atoms with Gasteiger partial charge in [-0.15, -0.1) is 0 Å². The first-order valence-corrected chi connectivity index (χ1v) is 6.31. The van der Waals surface area contributed by atoms with Crippen LogP contribution < -0.4 is 10.1 Å². The number of benzene rings is 1. The maximum absolute atomic E-state index is 11.6. The number of carbonyl (C=O) groups is 1. The van der Waals surface area contributed by atoms with Crippen LogP contribution in [0.3, 0.4) is 0 Å². The molecule has 4 heteroatoms. The van der Waals surface area contributed by atoms with E-state index in [-0.39, 0.29) is 18.1 Å². The minimum Gasteiger partial charge on any atom is -0.497 e. The number of nitrogens with one attached hydrogen (secondary N) is 1. The summed E-state index contributed by atoms with van der Waals surface area (Å²) in [6.07, 6.45) is 1.76. The van der Waals surface area contributed by atoms with Gasteiger partial charge in [0.15, 0.2) is 0 Å². The number of hydrogen-bond acceptors (Lipinski definition) is 4. The lowest BCUT2D eigenvalue weighted by Gasteiger charge is -2.14. The van der Waals surface area contributed by atoms with Crippen molar-refractivity contribution in [2.45, 2.75) is 31.8 Å². The number of hydrogen-bond donors (Lipinski definition) is 1. The third kappa shape index (κ3) is 2.82. The van der Waals surface area contributed by atoms with Crippen molar-refractivity contribution >= 4 is 5.97 Å². The van der Waals surface area contributed by atoms with E-state index < -0.39 is 0 Å². The molecule has 0 aromatic heterocycles. The van der Waals surface area contributed by atoms with E-state index in [9.17, 15) is 4.79 Å². The third-order valence-corrected chi connectivity index (χ3v) is 3.21. The van der Waals surface area contributed by atoms with Crippen molar-refractivity contribution in [1.82, 2.24) is 5.32 Å². The highest BCUT2D eigenvalue weighted by atomic mass is 16.5. The van der Waals surface area contributed by atoms with E-state index >= 15 is 0 Å². The summed E-state index contributed by atoms with van der Waals surface area (Å²) in [6.45, 7) is 2.26. The van der Waals surface area contributed by atoms with E-state index in [2.05, 4.69) is 5.32 Å². The van der Waals surface area contributed by atoms with Crippen LogP contribution in [0.5, 0.6) is 5.75 Å². The quantitative estimate of drug-likeness (QED) is 0.830. The molecule has 2 rings (SSSR count). The fourth-order valence-corrected chi connectivity index (χ4v) is 2.29. The average Bonchev–Trinajstić information content (AvgIpc) is 2.89. The molecule has 1 N–H and O–H groups in total. The van der Waals surface area contributed by atoms with Gasteiger partial charge in [0.25, 0.3) is 0 Å². The molecule has 1 saturated heterocycles. The van der Waals surface area contributed by atoms with Crippen molar-refractivity contribution in [3.05, 3.63) is 29.8 Å². The Kier molecular flexibility index (Phi) is 4.20. The summed E-state index contributed by atoms with van der Waals surface area (Å²) in [5.74, 6) is 0.691. The molecule has 1 heterocycles. The van der Waals surface area contributed by atoms with Crippen LogP contribution in [0.25, 0.3) is 0 Å². The molecule has 1 fully saturated rings. The van der Waals surface area contributed by atoms with Crippen molar-refractivity contribution in [2.75, 3.05) is 13.7 Å². The SMILES string of the molecule is CCOC(=O)[C@@H]1CC[C@@H](c2cccc(OC)c2)N1. The van der Waals surface area contributed by atoms with Crippen molar-refractivity contribution in [2.24, 2.45) is 0 Å². The fraction of sp³-hybridized carbons (Fsp3) is 0.500. The minimum absolute atomic E-state index is 0.150. The molecule has 98 valence electrons. The zero-order chi connectivity index (χ0) is 13.0. The molecule has 0 bridgehead atoms. The van der Waals surface area contributed by atoms with Gasteiger partial charge in [0.1, 0.15) is 11.8 Å². The molecule has 0 unspecified atom stereocenters. The van der Waals surface area contributed by atoms with E-state index in [1.165, 1.54) is 0 Å². The Hall–Kier alpha value is -1.55. The molecule has 18 heavy (non-hydrogen) atoms. The van der Waals surface area contributed by atoms with Gasteiger partial charge in [-0.1, -0.05) is 12.1 Å². The van der Waals surface area contributed by atoms with Crippen LogP contribution in [-0.2, 0) is 9.53 Å². The highest BCUT2D eigenvalue weighted by molar-refractivity contribution is 5.76. The normalized spacial score (nSPS) is 22.8.